The van der Waals surface area contributed by atoms with Crippen LogP contribution in [0.3, 0.4) is 0 Å². The van der Waals surface area contributed by atoms with Gasteiger partial charge in [0.2, 0.25) is 0 Å². The zero-order valence-electron chi connectivity index (χ0n) is 19.4. The zero-order chi connectivity index (χ0) is 25.1. The molecule has 0 amide bonds. The summed E-state index contributed by atoms with van der Waals surface area (Å²) in [5.74, 6) is -0.0969. The molecule has 0 spiro atoms. The first-order valence-corrected chi connectivity index (χ1v) is 11.6. The van der Waals surface area contributed by atoms with Crippen molar-refractivity contribution in [3.8, 4) is 17.0 Å². The van der Waals surface area contributed by atoms with Crippen LogP contribution in [0.1, 0.15) is 36.1 Å². The number of nitrogens with one attached hydrogen (secondary N) is 1. The predicted octanol–water partition coefficient (Wildman–Crippen LogP) is 6.59. The van der Waals surface area contributed by atoms with Gasteiger partial charge in [0.05, 0.1) is 23.2 Å². The molecule has 0 radical (unpaired) electrons. The van der Waals surface area contributed by atoms with Crippen molar-refractivity contribution < 1.29 is 27.8 Å². The van der Waals surface area contributed by atoms with Gasteiger partial charge in [0.25, 0.3) is 0 Å². The highest BCUT2D eigenvalue weighted by molar-refractivity contribution is 7.14. The standard InChI is InChI=1S/C25H27F3N2O3S/c1-15-12-21(16(2)11-18(15)13-24(3,4)22(31)32)33-10-9-29-23-30-20(14-34-23)17-5-7-19(8-6-17)25(26,27)28/h5-8,11-12,14H,9-10,13H2,1-4H3,(H,29,30)(H,31,32). The first-order valence-electron chi connectivity index (χ1n) is 10.7. The molecule has 3 aromatic rings. The number of thiazole rings is 1. The third kappa shape index (κ3) is 6.28. The summed E-state index contributed by atoms with van der Waals surface area (Å²) >= 11 is 1.37. The van der Waals surface area contributed by atoms with E-state index in [4.69, 9.17) is 4.74 Å². The second-order valence-corrected chi connectivity index (χ2v) is 9.66. The van der Waals surface area contributed by atoms with Gasteiger partial charge in [-0.2, -0.15) is 13.2 Å². The highest BCUT2D eigenvalue weighted by atomic mass is 32.1. The molecule has 0 atom stereocenters. The van der Waals surface area contributed by atoms with Crippen LogP contribution in [0.2, 0.25) is 0 Å². The second-order valence-electron chi connectivity index (χ2n) is 8.80. The average molecular weight is 493 g/mol. The number of alkyl halides is 3. The van der Waals surface area contributed by atoms with Crippen molar-refractivity contribution >= 4 is 22.4 Å². The van der Waals surface area contributed by atoms with Crippen LogP contribution in [0.4, 0.5) is 18.3 Å². The number of anilines is 1. The molecule has 34 heavy (non-hydrogen) atoms. The largest absolute Gasteiger partial charge is 0.491 e. The number of hydrogen-bond donors (Lipinski definition) is 2. The molecular weight excluding hydrogens is 465 g/mol. The Morgan fingerprint density at radius 3 is 2.41 bits per heavy atom. The molecule has 0 bridgehead atoms. The van der Waals surface area contributed by atoms with Gasteiger partial charge in [0.15, 0.2) is 5.13 Å². The molecule has 0 aliphatic heterocycles. The fourth-order valence-corrected chi connectivity index (χ4v) is 4.13. The summed E-state index contributed by atoms with van der Waals surface area (Å²) in [6, 6.07) is 8.82. The molecule has 182 valence electrons. The topological polar surface area (TPSA) is 71.5 Å². The molecule has 0 saturated heterocycles. The summed E-state index contributed by atoms with van der Waals surface area (Å²) in [6.45, 7) is 8.16. The SMILES string of the molecule is Cc1cc(OCCNc2nc(-c3ccc(C(F)(F)F)cc3)cs2)c(C)cc1CC(C)(C)C(=O)O. The second kappa shape index (κ2) is 10.0. The number of aliphatic carboxylic acids is 1. The number of ether oxygens (including phenoxy) is 1. The first-order chi connectivity index (χ1) is 15.9. The number of carbonyl (C=O) groups is 1. The number of rotatable bonds is 9. The average Bonchev–Trinajstić information content (AvgIpc) is 3.22. The van der Waals surface area contributed by atoms with E-state index in [9.17, 15) is 23.1 Å². The smallest absolute Gasteiger partial charge is 0.416 e. The molecule has 9 heteroatoms. The van der Waals surface area contributed by atoms with Crippen LogP contribution in [0.5, 0.6) is 5.75 Å². The van der Waals surface area contributed by atoms with Crippen molar-refractivity contribution in [3.63, 3.8) is 0 Å². The molecule has 3 rings (SSSR count). The van der Waals surface area contributed by atoms with E-state index in [0.717, 1.165) is 34.6 Å². The van der Waals surface area contributed by atoms with Gasteiger partial charge < -0.3 is 15.2 Å². The van der Waals surface area contributed by atoms with Crippen LogP contribution in [-0.4, -0.2) is 29.2 Å². The highest BCUT2D eigenvalue weighted by Crippen LogP contribution is 2.32. The lowest BCUT2D eigenvalue weighted by Crippen LogP contribution is -2.26. The zero-order valence-corrected chi connectivity index (χ0v) is 20.2. The van der Waals surface area contributed by atoms with Crippen molar-refractivity contribution in [2.75, 3.05) is 18.5 Å². The molecule has 5 nitrogen and oxygen atoms in total. The number of aromatic nitrogens is 1. The van der Waals surface area contributed by atoms with Crippen molar-refractivity contribution in [1.29, 1.82) is 0 Å². The van der Waals surface area contributed by atoms with Gasteiger partial charge in [-0.05, 0) is 69.0 Å². The van der Waals surface area contributed by atoms with E-state index in [2.05, 4.69) is 10.3 Å². The van der Waals surface area contributed by atoms with Crippen molar-refractivity contribution in [1.82, 2.24) is 4.98 Å². The Bertz CT molecular complexity index is 1160. The Labute approximate surface area is 200 Å². The molecule has 2 aromatic carbocycles. The minimum Gasteiger partial charge on any atom is -0.491 e. The van der Waals surface area contributed by atoms with Crippen LogP contribution in [0, 0.1) is 19.3 Å². The number of benzene rings is 2. The van der Waals surface area contributed by atoms with Crippen molar-refractivity contribution in [2.45, 2.75) is 40.3 Å². The fourth-order valence-electron chi connectivity index (χ4n) is 3.38. The van der Waals surface area contributed by atoms with Crippen LogP contribution in [0.15, 0.2) is 41.8 Å². The maximum absolute atomic E-state index is 12.7. The lowest BCUT2D eigenvalue weighted by atomic mass is 9.84. The molecule has 1 aromatic heterocycles. The van der Waals surface area contributed by atoms with E-state index in [1.54, 1.807) is 19.2 Å². The van der Waals surface area contributed by atoms with E-state index < -0.39 is 23.1 Å². The molecular formula is C25H27F3N2O3S. The lowest BCUT2D eigenvalue weighted by Gasteiger charge is -2.21. The normalized spacial score (nSPS) is 12.0. The summed E-state index contributed by atoms with van der Waals surface area (Å²) < 4.78 is 44.1. The number of carboxylic acids is 1. The van der Waals surface area contributed by atoms with Crippen LogP contribution in [0.25, 0.3) is 11.3 Å². The molecule has 0 aliphatic carbocycles. The Balaban J connectivity index is 1.55. The summed E-state index contributed by atoms with van der Waals surface area (Å²) in [5.41, 5.74) is 2.57. The minimum atomic E-state index is -4.36. The molecule has 0 saturated carbocycles. The van der Waals surface area contributed by atoms with E-state index in [-0.39, 0.29) is 0 Å². The van der Waals surface area contributed by atoms with Gasteiger partial charge in [-0.3, -0.25) is 4.79 Å². The van der Waals surface area contributed by atoms with Crippen molar-refractivity contribution in [2.24, 2.45) is 5.41 Å². The van der Waals surface area contributed by atoms with Gasteiger partial charge in [-0.1, -0.05) is 18.2 Å². The molecule has 1 heterocycles. The number of hydrogen-bond acceptors (Lipinski definition) is 5. The first kappa shape index (κ1) is 25.6. The summed E-state index contributed by atoms with van der Waals surface area (Å²) in [7, 11) is 0. The summed E-state index contributed by atoms with van der Waals surface area (Å²) in [6.07, 6.45) is -3.93. The van der Waals surface area contributed by atoms with Gasteiger partial charge >= 0.3 is 12.1 Å². The third-order valence-corrected chi connectivity index (χ3v) is 6.29. The Morgan fingerprint density at radius 2 is 1.79 bits per heavy atom. The summed E-state index contributed by atoms with van der Waals surface area (Å²) in [5, 5.41) is 15.0. The van der Waals surface area contributed by atoms with Gasteiger partial charge in [0.1, 0.15) is 12.4 Å². The number of nitrogens with zero attached hydrogens (tertiary/aromatic N) is 1. The number of halogens is 3. The van der Waals surface area contributed by atoms with E-state index >= 15 is 0 Å². The monoisotopic (exact) mass is 492 g/mol. The maximum atomic E-state index is 12.7. The van der Waals surface area contributed by atoms with Crippen LogP contribution < -0.4 is 10.1 Å². The minimum absolute atomic E-state index is 0.384. The molecule has 2 N–H and O–H groups in total. The van der Waals surface area contributed by atoms with Crippen LogP contribution in [-0.2, 0) is 17.4 Å². The number of carboxylic acid groups (broad SMARTS) is 1. The number of aryl methyl sites for hydroxylation is 2. The third-order valence-electron chi connectivity index (χ3n) is 5.49. The van der Waals surface area contributed by atoms with Gasteiger partial charge in [-0.15, -0.1) is 11.3 Å². The highest BCUT2D eigenvalue weighted by Gasteiger charge is 2.30. The molecule has 0 fully saturated rings. The maximum Gasteiger partial charge on any atom is 0.416 e. The van der Waals surface area contributed by atoms with Gasteiger partial charge in [0, 0.05) is 10.9 Å². The van der Waals surface area contributed by atoms with Crippen LogP contribution >= 0.6 is 11.3 Å². The molecule has 0 aliphatic rings. The fraction of sp³-hybridized carbons (Fsp3) is 0.360. The van der Waals surface area contributed by atoms with E-state index in [1.165, 1.54) is 23.5 Å². The Kier molecular flexibility index (Phi) is 7.55. The van der Waals surface area contributed by atoms with E-state index in [1.807, 2.05) is 26.0 Å². The van der Waals surface area contributed by atoms with Gasteiger partial charge in [-0.25, -0.2) is 4.98 Å². The van der Waals surface area contributed by atoms with E-state index in [0.29, 0.717) is 36.0 Å². The van der Waals surface area contributed by atoms with Crippen molar-refractivity contribution in [3.05, 3.63) is 64.0 Å². The Morgan fingerprint density at radius 1 is 1.12 bits per heavy atom. The quantitative estimate of drug-likeness (QED) is 0.330. The predicted molar refractivity (Wildman–Crippen MR) is 128 cm³/mol. The summed E-state index contributed by atoms with van der Waals surface area (Å²) in [4.78, 5) is 15.9. The molecule has 0 unspecified atom stereocenters. The Hall–Kier alpha value is -3.07. The lowest BCUT2D eigenvalue weighted by molar-refractivity contribution is -0.146.